The minimum Gasteiger partial charge on any atom is -0.478 e. The van der Waals surface area contributed by atoms with Gasteiger partial charge in [-0.25, -0.2) is 9.59 Å². The molecule has 0 atom stereocenters. The highest BCUT2D eigenvalue weighted by Crippen LogP contribution is 2.04. The van der Waals surface area contributed by atoms with Crippen LogP contribution < -0.4 is 10.6 Å². The summed E-state index contributed by atoms with van der Waals surface area (Å²) in [6.45, 7) is 2.80. The van der Waals surface area contributed by atoms with Gasteiger partial charge >= 0.3 is 12.0 Å². The number of carbonyl (C=O) groups excluding carboxylic acids is 1. The Kier molecular flexibility index (Phi) is 6.15. The number of amides is 2. The molecule has 1 aromatic carbocycles. The highest BCUT2D eigenvalue weighted by atomic mass is 16.4. The van der Waals surface area contributed by atoms with Crippen molar-refractivity contribution in [1.29, 1.82) is 0 Å². The number of allylic oxidation sites excluding steroid dienone is 1. The first kappa shape index (κ1) is 14.8. The van der Waals surface area contributed by atoms with E-state index in [1.165, 1.54) is 6.07 Å². The lowest BCUT2D eigenvalue weighted by atomic mass is 10.1. The highest BCUT2D eigenvalue weighted by Gasteiger charge is 2.04. The molecule has 0 saturated carbocycles. The average Bonchev–Trinajstić information content (AvgIpc) is 2.41. The summed E-state index contributed by atoms with van der Waals surface area (Å²) < 4.78 is 0. The van der Waals surface area contributed by atoms with Gasteiger partial charge in [0.1, 0.15) is 0 Å². The van der Waals surface area contributed by atoms with Gasteiger partial charge in [0.2, 0.25) is 0 Å². The minimum absolute atomic E-state index is 0.216. The van der Waals surface area contributed by atoms with Crippen LogP contribution in [0.5, 0.6) is 0 Å². The van der Waals surface area contributed by atoms with E-state index in [4.69, 9.17) is 5.11 Å². The van der Waals surface area contributed by atoms with E-state index in [9.17, 15) is 9.59 Å². The second-order valence-electron chi connectivity index (χ2n) is 3.97. The predicted octanol–water partition coefficient (Wildman–Crippen LogP) is 2.15. The van der Waals surface area contributed by atoms with Gasteiger partial charge in [0.05, 0.1) is 5.56 Å². The fraction of sp³-hybridized carbons (Fsp3) is 0.286. The van der Waals surface area contributed by atoms with Crippen molar-refractivity contribution >= 4 is 12.0 Å². The molecule has 0 aliphatic heterocycles. The van der Waals surface area contributed by atoms with Crippen molar-refractivity contribution in [3.8, 4) is 0 Å². The van der Waals surface area contributed by atoms with Crippen LogP contribution in [0.3, 0.4) is 0 Å². The van der Waals surface area contributed by atoms with E-state index < -0.39 is 5.97 Å². The highest BCUT2D eigenvalue weighted by molar-refractivity contribution is 5.87. The van der Waals surface area contributed by atoms with Gasteiger partial charge in [-0.2, -0.15) is 0 Å². The van der Waals surface area contributed by atoms with Crippen molar-refractivity contribution in [2.75, 3.05) is 6.54 Å². The molecular weight excluding hydrogens is 244 g/mol. The van der Waals surface area contributed by atoms with E-state index in [1.807, 2.05) is 19.1 Å². The van der Waals surface area contributed by atoms with Crippen LogP contribution in [0.15, 0.2) is 36.4 Å². The lowest BCUT2D eigenvalue weighted by molar-refractivity contribution is 0.0696. The van der Waals surface area contributed by atoms with Crippen LogP contribution >= 0.6 is 0 Å². The SMILES string of the molecule is C/C=C/CCNC(=O)NCc1cccc(C(=O)O)c1. The van der Waals surface area contributed by atoms with Gasteiger partial charge in [0.25, 0.3) is 0 Å². The molecule has 0 heterocycles. The normalized spacial score (nSPS) is 10.4. The number of carboxylic acid groups (broad SMARTS) is 1. The summed E-state index contributed by atoms with van der Waals surface area (Å²) >= 11 is 0. The smallest absolute Gasteiger partial charge is 0.335 e. The minimum atomic E-state index is -0.974. The summed E-state index contributed by atoms with van der Waals surface area (Å²) in [5.74, 6) is -0.974. The maximum atomic E-state index is 11.4. The molecule has 1 aromatic rings. The molecule has 0 radical (unpaired) electrons. The lowest BCUT2D eigenvalue weighted by Crippen LogP contribution is -2.35. The molecule has 5 nitrogen and oxygen atoms in total. The van der Waals surface area contributed by atoms with Crippen LogP contribution in [0.2, 0.25) is 0 Å². The number of benzene rings is 1. The number of aromatic carboxylic acids is 1. The zero-order valence-electron chi connectivity index (χ0n) is 10.8. The Balaban J connectivity index is 2.37. The number of carbonyl (C=O) groups is 2. The summed E-state index contributed by atoms with van der Waals surface area (Å²) in [7, 11) is 0. The number of hydrogen-bond donors (Lipinski definition) is 3. The quantitative estimate of drug-likeness (QED) is 0.543. The van der Waals surface area contributed by atoms with Crippen LogP contribution in [0.25, 0.3) is 0 Å². The van der Waals surface area contributed by atoms with Crippen LogP contribution in [0.1, 0.15) is 29.3 Å². The van der Waals surface area contributed by atoms with Crippen LogP contribution in [-0.2, 0) is 6.54 Å². The Bertz CT molecular complexity index is 470. The maximum Gasteiger partial charge on any atom is 0.335 e. The maximum absolute atomic E-state index is 11.4. The molecule has 0 aliphatic carbocycles. The first-order chi connectivity index (χ1) is 9.13. The van der Waals surface area contributed by atoms with Crippen molar-refractivity contribution in [1.82, 2.24) is 10.6 Å². The molecule has 5 heteroatoms. The molecule has 0 fully saturated rings. The molecule has 0 aromatic heterocycles. The summed E-state index contributed by atoms with van der Waals surface area (Å²) in [5.41, 5.74) is 0.969. The van der Waals surface area contributed by atoms with Crippen molar-refractivity contribution in [3.63, 3.8) is 0 Å². The largest absolute Gasteiger partial charge is 0.478 e. The third kappa shape index (κ3) is 5.72. The zero-order chi connectivity index (χ0) is 14.1. The second-order valence-corrected chi connectivity index (χ2v) is 3.97. The molecule has 0 spiro atoms. The van der Waals surface area contributed by atoms with Crippen molar-refractivity contribution in [2.24, 2.45) is 0 Å². The van der Waals surface area contributed by atoms with Gasteiger partial charge in [-0.3, -0.25) is 0 Å². The summed E-state index contributed by atoms with van der Waals surface area (Å²) in [5, 5.41) is 14.2. The Morgan fingerprint density at radius 2 is 2.11 bits per heavy atom. The number of rotatable bonds is 6. The number of carboxylic acids is 1. The Hall–Kier alpha value is -2.30. The van der Waals surface area contributed by atoms with Crippen LogP contribution in [0.4, 0.5) is 4.79 Å². The molecule has 19 heavy (non-hydrogen) atoms. The molecule has 3 N–H and O–H groups in total. The first-order valence-electron chi connectivity index (χ1n) is 6.08. The molecule has 102 valence electrons. The molecule has 0 saturated heterocycles. The van der Waals surface area contributed by atoms with Gasteiger partial charge in [-0.15, -0.1) is 0 Å². The lowest BCUT2D eigenvalue weighted by Gasteiger charge is -2.07. The molecule has 0 bridgehead atoms. The third-order valence-electron chi connectivity index (χ3n) is 2.46. The van der Waals surface area contributed by atoms with Gasteiger partial charge in [0, 0.05) is 13.1 Å². The van der Waals surface area contributed by atoms with E-state index in [1.54, 1.807) is 18.2 Å². The Labute approximate surface area is 112 Å². The fourth-order valence-electron chi connectivity index (χ4n) is 1.49. The molecule has 0 aliphatic rings. The Morgan fingerprint density at radius 3 is 2.79 bits per heavy atom. The number of urea groups is 1. The van der Waals surface area contributed by atoms with Crippen LogP contribution in [0, 0.1) is 0 Å². The number of nitrogens with one attached hydrogen (secondary N) is 2. The van der Waals surface area contributed by atoms with Crippen LogP contribution in [-0.4, -0.2) is 23.7 Å². The van der Waals surface area contributed by atoms with E-state index in [-0.39, 0.29) is 11.6 Å². The van der Waals surface area contributed by atoms with Gasteiger partial charge < -0.3 is 15.7 Å². The van der Waals surface area contributed by atoms with E-state index in [0.29, 0.717) is 13.1 Å². The fourth-order valence-corrected chi connectivity index (χ4v) is 1.49. The first-order valence-corrected chi connectivity index (χ1v) is 6.08. The van der Waals surface area contributed by atoms with Crippen molar-refractivity contribution in [2.45, 2.75) is 19.9 Å². The molecule has 1 rings (SSSR count). The van der Waals surface area contributed by atoms with Crippen molar-refractivity contribution in [3.05, 3.63) is 47.5 Å². The molecule has 2 amide bonds. The number of hydrogen-bond acceptors (Lipinski definition) is 2. The standard InChI is InChI=1S/C14H18N2O3/c1-2-3-4-8-15-14(19)16-10-11-6-5-7-12(9-11)13(17)18/h2-3,5-7,9H,4,8,10H2,1H3,(H,17,18)(H2,15,16,19)/b3-2+. The summed E-state index contributed by atoms with van der Waals surface area (Å²) in [6, 6.07) is 6.23. The Morgan fingerprint density at radius 1 is 1.32 bits per heavy atom. The zero-order valence-corrected chi connectivity index (χ0v) is 10.8. The average molecular weight is 262 g/mol. The topological polar surface area (TPSA) is 78.4 Å². The van der Waals surface area contributed by atoms with E-state index in [0.717, 1.165) is 12.0 Å². The third-order valence-corrected chi connectivity index (χ3v) is 2.46. The van der Waals surface area contributed by atoms with Gasteiger partial charge in [-0.1, -0.05) is 24.3 Å². The van der Waals surface area contributed by atoms with E-state index in [2.05, 4.69) is 10.6 Å². The van der Waals surface area contributed by atoms with Crippen molar-refractivity contribution < 1.29 is 14.7 Å². The molecule has 0 unspecified atom stereocenters. The monoisotopic (exact) mass is 262 g/mol. The second kappa shape index (κ2) is 7.92. The van der Waals surface area contributed by atoms with Gasteiger partial charge in [0.15, 0.2) is 0 Å². The van der Waals surface area contributed by atoms with Gasteiger partial charge in [-0.05, 0) is 31.0 Å². The predicted molar refractivity (Wildman–Crippen MR) is 73.1 cm³/mol. The molecular formula is C14H18N2O3. The summed E-state index contributed by atoms with van der Waals surface area (Å²) in [4.78, 5) is 22.2. The summed E-state index contributed by atoms with van der Waals surface area (Å²) in [6.07, 6.45) is 4.69. The van der Waals surface area contributed by atoms with E-state index >= 15 is 0 Å².